The van der Waals surface area contributed by atoms with Gasteiger partial charge in [-0.15, -0.1) is 0 Å². The number of hydrogen-bond acceptors (Lipinski definition) is 6. The van der Waals surface area contributed by atoms with E-state index in [0.29, 0.717) is 16.3 Å². The Labute approximate surface area is 173 Å². The summed E-state index contributed by atoms with van der Waals surface area (Å²) in [4.78, 5) is 27.4. The van der Waals surface area contributed by atoms with E-state index in [1.807, 2.05) is 6.07 Å². The van der Waals surface area contributed by atoms with Crippen LogP contribution in [0.1, 0.15) is 11.1 Å². The lowest BCUT2D eigenvalue weighted by Gasteiger charge is -2.04. The minimum absolute atomic E-state index is 0.170. The summed E-state index contributed by atoms with van der Waals surface area (Å²) in [5.74, 6) is -0.337. The zero-order valence-electron chi connectivity index (χ0n) is 14.1. The molecule has 0 spiro atoms. The topological polar surface area (TPSA) is 74.2 Å². The molecule has 0 saturated carbocycles. The van der Waals surface area contributed by atoms with E-state index in [-0.39, 0.29) is 18.2 Å². The van der Waals surface area contributed by atoms with Crippen molar-refractivity contribution in [1.82, 2.24) is 0 Å². The Hall–Kier alpha value is -2.39. The van der Waals surface area contributed by atoms with Crippen molar-refractivity contribution in [3.63, 3.8) is 0 Å². The molecular weight excluding hydrogens is 485 g/mol. The molecule has 0 aromatic heterocycles. The third-order valence-electron chi connectivity index (χ3n) is 3.55. The van der Waals surface area contributed by atoms with Crippen molar-refractivity contribution in [1.29, 1.82) is 0 Å². The molecule has 0 bridgehead atoms. The third-order valence-corrected chi connectivity index (χ3v) is 4.55. The highest BCUT2D eigenvalue weighted by Gasteiger charge is 2.25. The Bertz CT molecular complexity index is 953. The van der Waals surface area contributed by atoms with Gasteiger partial charge in [0.15, 0.2) is 12.3 Å². The number of carbonyl (C=O) groups excluding carboxylic acids is 2. The molecule has 1 heterocycles. The first-order valence-electron chi connectivity index (χ1n) is 7.74. The molecule has 3 rings (SSSR count). The van der Waals surface area contributed by atoms with Gasteiger partial charge in [-0.05, 0) is 64.6 Å². The standard InChI is InChI=1S/C19H13ClINO5/c1-25-17(23)10-26-13-5-2-11(3-6-13)8-16-19(24)27-18(22-16)14-9-12(21)4-7-15(14)20/h2-9H,10H2,1H3/b16-8-. The number of esters is 2. The lowest BCUT2D eigenvalue weighted by atomic mass is 10.2. The molecule has 0 saturated heterocycles. The fourth-order valence-electron chi connectivity index (χ4n) is 2.21. The van der Waals surface area contributed by atoms with E-state index >= 15 is 0 Å². The van der Waals surface area contributed by atoms with Crippen molar-refractivity contribution in [3.05, 3.63) is 67.9 Å². The molecule has 27 heavy (non-hydrogen) atoms. The molecule has 0 fully saturated rings. The summed E-state index contributed by atoms with van der Waals surface area (Å²) in [6.07, 6.45) is 1.60. The first kappa shape index (κ1) is 19.4. The van der Waals surface area contributed by atoms with Gasteiger partial charge >= 0.3 is 11.9 Å². The van der Waals surface area contributed by atoms with Gasteiger partial charge in [0.1, 0.15) is 5.75 Å². The summed E-state index contributed by atoms with van der Waals surface area (Å²) in [5, 5.41) is 0.454. The number of carbonyl (C=O) groups is 2. The fraction of sp³-hybridized carbons (Fsp3) is 0.105. The number of methoxy groups -OCH3 is 1. The minimum atomic E-state index is -0.550. The number of hydrogen-bond donors (Lipinski definition) is 0. The number of benzene rings is 2. The molecule has 0 atom stereocenters. The van der Waals surface area contributed by atoms with E-state index < -0.39 is 11.9 Å². The molecule has 0 aliphatic carbocycles. The lowest BCUT2D eigenvalue weighted by Crippen LogP contribution is -2.12. The van der Waals surface area contributed by atoms with E-state index in [1.54, 1.807) is 42.5 Å². The van der Waals surface area contributed by atoms with E-state index in [0.717, 1.165) is 9.13 Å². The van der Waals surface area contributed by atoms with Crippen LogP contribution < -0.4 is 4.74 Å². The van der Waals surface area contributed by atoms with Gasteiger partial charge in [0, 0.05) is 3.57 Å². The van der Waals surface area contributed by atoms with Crippen molar-refractivity contribution < 1.29 is 23.8 Å². The summed E-state index contributed by atoms with van der Waals surface area (Å²) >= 11 is 8.31. The second-order valence-electron chi connectivity index (χ2n) is 5.39. The predicted octanol–water partition coefficient (Wildman–Crippen LogP) is 3.84. The zero-order chi connectivity index (χ0) is 19.4. The van der Waals surface area contributed by atoms with Crippen LogP contribution in [-0.2, 0) is 19.1 Å². The molecule has 138 valence electrons. The number of cyclic esters (lactones) is 1. The van der Waals surface area contributed by atoms with Crippen LogP contribution in [0.3, 0.4) is 0 Å². The van der Waals surface area contributed by atoms with Crippen LogP contribution in [0.4, 0.5) is 0 Å². The summed E-state index contributed by atoms with van der Waals surface area (Å²) < 4.78 is 16.0. The van der Waals surface area contributed by atoms with Crippen LogP contribution in [0.25, 0.3) is 6.08 Å². The molecule has 2 aromatic rings. The second-order valence-corrected chi connectivity index (χ2v) is 7.05. The van der Waals surface area contributed by atoms with Gasteiger partial charge in [0.05, 0.1) is 17.7 Å². The molecule has 8 heteroatoms. The smallest absolute Gasteiger partial charge is 0.363 e. The first-order valence-corrected chi connectivity index (χ1v) is 9.19. The third kappa shape index (κ3) is 4.86. The van der Waals surface area contributed by atoms with Gasteiger partial charge in [-0.2, -0.15) is 0 Å². The van der Waals surface area contributed by atoms with Crippen molar-refractivity contribution >= 4 is 58.1 Å². The van der Waals surface area contributed by atoms with Crippen molar-refractivity contribution in [2.75, 3.05) is 13.7 Å². The largest absolute Gasteiger partial charge is 0.482 e. The molecule has 0 N–H and O–H groups in total. The maximum atomic E-state index is 12.1. The zero-order valence-corrected chi connectivity index (χ0v) is 17.0. The maximum absolute atomic E-state index is 12.1. The van der Waals surface area contributed by atoms with Crippen LogP contribution in [0.2, 0.25) is 5.02 Å². The van der Waals surface area contributed by atoms with Crippen LogP contribution >= 0.6 is 34.2 Å². The van der Waals surface area contributed by atoms with Crippen LogP contribution in [-0.4, -0.2) is 31.6 Å². The monoisotopic (exact) mass is 497 g/mol. The van der Waals surface area contributed by atoms with Gasteiger partial charge in [-0.3, -0.25) is 0 Å². The molecule has 1 aliphatic rings. The lowest BCUT2D eigenvalue weighted by molar-refractivity contribution is -0.143. The SMILES string of the molecule is COC(=O)COc1ccc(/C=C2\N=C(c3cc(I)ccc3Cl)OC2=O)cc1. The number of aliphatic imine (C=N–C) groups is 1. The highest BCUT2D eigenvalue weighted by Crippen LogP contribution is 2.25. The van der Waals surface area contributed by atoms with Gasteiger partial charge in [-0.25, -0.2) is 14.6 Å². The molecule has 0 radical (unpaired) electrons. The second kappa shape index (κ2) is 8.53. The Morgan fingerprint density at radius 1 is 1.26 bits per heavy atom. The molecule has 1 aliphatic heterocycles. The summed E-state index contributed by atoms with van der Waals surface area (Å²) in [6.45, 7) is -0.173. The molecule has 6 nitrogen and oxygen atoms in total. The Kier molecular flexibility index (Phi) is 6.12. The summed E-state index contributed by atoms with van der Waals surface area (Å²) in [6, 6.07) is 12.2. The highest BCUT2D eigenvalue weighted by molar-refractivity contribution is 14.1. The molecule has 0 unspecified atom stereocenters. The number of ether oxygens (including phenoxy) is 3. The Morgan fingerprint density at radius 3 is 2.70 bits per heavy atom. The van der Waals surface area contributed by atoms with Crippen LogP contribution in [0.5, 0.6) is 5.75 Å². The van der Waals surface area contributed by atoms with Crippen LogP contribution in [0.15, 0.2) is 53.2 Å². The Morgan fingerprint density at radius 2 is 2.00 bits per heavy atom. The van der Waals surface area contributed by atoms with Gasteiger partial charge in [0.25, 0.3) is 0 Å². The number of rotatable bonds is 5. The quantitative estimate of drug-likeness (QED) is 0.357. The maximum Gasteiger partial charge on any atom is 0.363 e. The molecular formula is C19H13ClINO5. The fourth-order valence-corrected chi connectivity index (χ4v) is 2.89. The van der Waals surface area contributed by atoms with Crippen molar-refractivity contribution in [3.8, 4) is 5.75 Å². The molecule has 0 amide bonds. The van der Waals surface area contributed by atoms with E-state index in [9.17, 15) is 9.59 Å². The first-order chi connectivity index (χ1) is 13.0. The summed E-state index contributed by atoms with van der Waals surface area (Å²) in [7, 11) is 1.29. The Balaban J connectivity index is 1.78. The van der Waals surface area contributed by atoms with E-state index in [2.05, 4.69) is 32.3 Å². The normalized spacial score (nSPS) is 14.7. The van der Waals surface area contributed by atoms with Gasteiger partial charge in [-0.1, -0.05) is 23.7 Å². The van der Waals surface area contributed by atoms with Crippen molar-refractivity contribution in [2.24, 2.45) is 4.99 Å². The average Bonchev–Trinajstić information content (AvgIpc) is 3.03. The van der Waals surface area contributed by atoms with Gasteiger partial charge < -0.3 is 14.2 Å². The number of halogens is 2. The number of nitrogens with zero attached hydrogens (tertiary/aromatic N) is 1. The van der Waals surface area contributed by atoms with Crippen molar-refractivity contribution in [2.45, 2.75) is 0 Å². The highest BCUT2D eigenvalue weighted by atomic mass is 127. The average molecular weight is 498 g/mol. The van der Waals surface area contributed by atoms with E-state index in [4.69, 9.17) is 21.1 Å². The van der Waals surface area contributed by atoms with Crippen LogP contribution in [0, 0.1) is 3.57 Å². The predicted molar refractivity (Wildman–Crippen MR) is 109 cm³/mol. The van der Waals surface area contributed by atoms with E-state index in [1.165, 1.54) is 7.11 Å². The summed E-state index contributed by atoms with van der Waals surface area (Å²) in [5.41, 5.74) is 1.46. The molecule has 2 aromatic carbocycles. The van der Waals surface area contributed by atoms with Gasteiger partial charge in [0.2, 0.25) is 5.90 Å². The minimum Gasteiger partial charge on any atom is -0.482 e.